The van der Waals surface area contributed by atoms with Gasteiger partial charge in [-0.1, -0.05) is 0 Å². The van der Waals surface area contributed by atoms with E-state index in [-0.39, 0.29) is 19.0 Å². The third-order valence-electron chi connectivity index (χ3n) is 3.42. The van der Waals surface area contributed by atoms with Crippen molar-refractivity contribution in [3.8, 4) is 0 Å². The van der Waals surface area contributed by atoms with Crippen LogP contribution in [0.4, 0.5) is 4.79 Å². The van der Waals surface area contributed by atoms with Crippen molar-refractivity contribution >= 4 is 21.8 Å². The van der Waals surface area contributed by atoms with Crippen molar-refractivity contribution in [3.63, 3.8) is 0 Å². The Hall–Kier alpha value is -1.61. The van der Waals surface area contributed by atoms with E-state index >= 15 is 0 Å². The van der Waals surface area contributed by atoms with E-state index in [2.05, 4.69) is 5.32 Å². The van der Waals surface area contributed by atoms with Gasteiger partial charge >= 0.3 is 12.0 Å². The van der Waals surface area contributed by atoms with Gasteiger partial charge in [-0.05, 0) is 6.08 Å². The lowest BCUT2D eigenvalue weighted by molar-refractivity contribution is -0.142. The number of hydrogen-bond acceptors (Lipinski definition) is 5. The summed E-state index contributed by atoms with van der Waals surface area (Å²) in [6, 6.07) is -1.66. The lowest BCUT2D eigenvalue weighted by atomic mass is 10.0. The van der Waals surface area contributed by atoms with Crippen LogP contribution >= 0.6 is 0 Å². The number of hydrogen-bond donors (Lipinski definition) is 2. The fourth-order valence-corrected chi connectivity index (χ4v) is 3.47. The molecule has 3 atom stereocenters. The Labute approximate surface area is 116 Å². The maximum atomic E-state index is 12.0. The average molecular weight is 304 g/mol. The molecule has 0 aliphatic carbocycles. The van der Waals surface area contributed by atoms with Crippen LogP contribution in [0.2, 0.25) is 0 Å². The van der Waals surface area contributed by atoms with Crippen LogP contribution in [0.15, 0.2) is 11.5 Å². The molecule has 0 radical (unpaired) electrons. The van der Waals surface area contributed by atoms with Crippen molar-refractivity contribution in [1.29, 1.82) is 0 Å². The summed E-state index contributed by atoms with van der Waals surface area (Å²) in [6.07, 6.45) is 1.40. The minimum atomic E-state index is -3.24. The molecule has 2 rings (SSSR count). The third kappa shape index (κ3) is 3.10. The quantitative estimate of drug-likeness (QED) is 0.694. The molecule has 0 aromatic heterocycles. The van der Waals surface area contributed by atoms with Gasteiger partial charge in [-0.25, -0.2) is 13.2 Å². The molecule has 0 saturated carbocycles. The number of carbonyl (C=O) groups excluding carboxylic acids is 1. The van der Waals surface area contributed by atoms with Crippen molar-refractivity contribution in [2.75, 3.05) is 26.0 Å². The molecule has 3 unspecified atom stereocenters. The van der Waals surface area contributed by atoms with Crippen LogP contribution in [0.3, 0.4) is 0 Å². The SMILES string of the molecule is CN(C(=O)NC1C=CS(=O)(=O)C1)C1COCC1C(=O)O. The van der Waals surface area contributed by atoms with Gasteiger partial charge in [0.25, 0.3) is 0 Å². The van der Waals surface area contributed by atoms with Crippen molar-refractivity contribution in [1.82, 2.24) is 10.2 Å². The lowest BCUT2D eigenvalue weighted by Crippen LogP contribution is -2.50. The predicted octanol–water partition coefficient (Wildman–Crippen LogP) is -0.962. The number of likely N-dealkylation sites (N-methyl/N-ethyl adjacent to an activating group) is 1. The molecule has 2 N–H and O–H groups in total. The number of carboxylic acid groups (broad SMARTS) is 1. The van der Waals surface area contributed by atoms with Gasteiger partial charge in [0.1, 0.15) is 5.92 Å². The summed E-state index contributed by atoms with van der Waals surface area (Å²) in [5.41, 5.74) is 0. The first-order chi connectivity index (χ1) is 9.30. The molecule has 0 spiro atoms. The molecule has 8 nitrogen and oxygen atoms in total. The van der Waals surface area contributed by atoms with Crippen molar-refractivity contribution < 1.29 is 27.9 Å². The van der Waals surface area contributed by atoms with E-state index in [1.807, 2.05) is 0 Å². The van der Waals surface area contributed by atoms with Gasteiger partial charge in [-0.15, -0.1) is 0 Å². The fourth-order valence-electron chi connectivity index (χ4n) is 2.24. The van der Waals surface area contributed by atoms with E-state index in [0.717, 1.165) is 5.41 Å². The van der Waals surface area contributed by atoms with Gasteiger partial charge in [-0.2, -0.15) is 0 Å². The van der Waals surface area contributed by atoms with Crippen LogP contribution in [-0.4, -0.2) is 68.5 Å². The number of nitrogens with one attached hydrogen (secondary N) is 1. The second-order valence-corrected chi connectivity index (χ2v) is 6.81. The van der Waals surface area contributed by atoms with Gasteiger partial charge in [0.15, 0.2) is 9.84 Å². The van der Waals surface area contributed by atoms with Gasteiger partial charge in [0.2, 0.25) is 0 Å². The Morgan fingerprint density at radius 1 is 1.40 bits per heavy atom. The number of sulfone groups is 1. The molecule has 2 heterocycles. The third-order valence-corrected chi connectivity index (χ3v) is 4.82. The highest BCUT2D eigenvalue weighted by molar-refractivity contribution is 7.94. The topological polar surface area (TPSA) is 113 Å². The predicted molar refractivity (Wildman–Crippen MR) is 68.7 cm³/mol. The molecule has 2 aliphatic rings. The molecule has 2 aliphatic heterocycles. The van der Waals surface area contributed by atoms with Crippen LogP contribution in [0.5, 0.6) is 0 Å². The summed E-state index contributed by atoms with van der Waals surface area (Å²) in [6.45, 7) is 0.217. The summed E-state index contributed by atoms with van der Waals surface area (Å²) >= 11 is 0. The number of carbonyl (C=O) groups is 2. The van der Waals surface area contributed by atoms with Gasteiger partial charge < -0.3 is 20.1 Å². The maximum Gasteiger partial charge on any atom is 0.317 e. The van der Waals surface area contributed by atoms with Crippen LogP contribution in [-0.2, 0) is 19.4 Å². The zero-order valence-electron chi connectivity index (χ0n) is 10.9. The second-order valence-electron chi connectivity index (χ2n) is 4.87. The number of aliphatic carboxylic acids is 1. The van der Waals surface area contributed by atoms with E-state index in [1.54, 1.807) is 0 Å². The minimum absolute atomic E-state index is 0.0648. The average Bonchev–Trinajstić information content (AvgIpc) is 2.94. The molecule has 20 heavy (non-hydrogen) atoms. The second kappa shape index (κ2) is 5.41. The molecule has 0 aromatic carbocycles. The number of urea groups is 1. The summed E-state index contributed by atoms with van der Waals surface area (Å²) in [4.78, 5) is 24.3. The molecule has 1 fully saturated rings. The Bertz CT molecular complexity index is 543. The molecule has 2 amide bonds. The van der Waals surface area contributed by atoms with E-state index in [4.69, 9.17) is 9.84 Å². The first-order valence-electron chi connectivity index (χ1n) is 6.05. The van der Waals surface area contributed by atoms with E-state index in [1.165, 1.54) is 18.0 Å². The molecule has 0 aromatic rings. The summed E-state index contributed by atoms with van der Waals surface area (Å²) in [5, 5.41) is 12.6. The molecule has 9 heteroatoms. The van der Waals surface area contributed by atoms with Crippen LogP contribution in [0.25, 0.3) is 0 Å². The molecular weight excluding hydrogens is 288 g/mol. The number of amides is 2. The zero-order valence-corrected chi connectivity index (χ0v) is 11.7. The minimum Gasteiger partial charge on any atom is -0.481 e. The summed E-state index contributed by atoms with van der Waals surface area (Å²) < 4.78 is 27.6. The number of ether oxygens (including phenoxy) is 1. The number of carboxylic acids is 1. The Morgan fingerprint density at radius 2 is 2.10 bits per heavy atom. The van der Waals surface area contributed by atoms with E-state index < -0.39 is 39.8 Å². The fraction of sp³-hybridized carbons (Fsp3) is 0.636. The largest absolute Gasteiger partial charge is 0.481 e. The van der Waals surface area contributed by atoms with E-state index in [9.17, 15) is 18.0 Å². The highest BCUT2D eigenvalue weighted by Gasteiger charge is 2.39. The smallest absolute Gasteiger partial charge is 0.317 e. The molecule has 0 bridgehead atoms. The van der Waals surface area contributed by atoms with Crippen LogP contribution in [0.1, 0.15) is 0 Å². The normalized spacial score (nSPS) is 31.1. The van der Waals surface area contributed by atoms with Crippen LogP contribution in [0, 0.1) is 5.92 Å². The molecule has 1 saturated heterocycles. The number of nitrogens with zero attached hydrogens (tertiary/aromatic N) is 1. The van der Waals surface area contributed by atoms with Gasteiger partial charge in [0, 0.05) is 12.5 Å². The standard InChI is InChI=1S/C11H16N2O6S/c1-13(9-5-19-4-8(9)10(14)15)11(16)12-7-2-3-20(17,18)6-7/h2-3,7-9H,4-6H2,1H3,(H,12,16)(H,14,15). The molecular formula is C11H16N2O6S. The summed E-state index contributed by atoms with van der Waals surface area (Å²) in [5.74, 6) is -1.96. The highest BCUT2D eigenvalue weighted by Crippen LogP contribution is 2.19. The first kappa shape index (κ1) is 14.8. The lowest BCUT2D eigenvalue weighted by Gasteiger charge is -2.27. The Balaban J connectivity index is 1.96. The highest BCUT2D eigenvalue weighted by atomic mass is 32.2. The zero-order chi connectivity index (χ0) is 14.9. The van der Waals surface area contributed by atoms with Crippen LogP contribution < -0.4 is 5.32 Å². The monoisotopic (exact) mass is 304 g/mol. The first-order valence-corrected chi connectivity index (χ1v) is 7.76. The van der Waals surface area contributed by atoms with E-state index in [0.29, 0.717) is 0 Å². The maximum absolute atomic E-state index is 12.0. The van der Waals surface area contributed by atoms with Crippen molar-refractivity contribution in [2.45, 2.75) is 12.1 Å². The number of rotatable bonds is 3. The Morgan fingerprint density at radius 3 is 2.65 bits per heavy atom. The van der Waals surface area contributed by atoms with Crippen molar-refractivity contribution in [3.05, 3.63) is 11.5 Å². The van der Waals surface area contributed by atoms with Gasteiger partial charge in [-0.3, -0.25) is 4.79 Å². The Kier molecular flexibility index (Phi) is 4.00. The van der Waals surface area contributed by atoms with Gasteiger partial charge in [0.05, 0.1) is 31.1 Å². The van der Waals surface area contributed by atoms with Crippen molar-refractivity contribution in [2.24, 2.45) is 5.92 Å². The summed E-state index contributed by atoms with van der Waals surface area (Å²) in [7, 11) is -1.77. The molecule has 112 valence electrons.